The number of fused-ring (bicyclic) bond motifs is 3. The number of para-hydroxylation sites is 1. The number of ether oxygens (including phenoxy) is 2. The van der Waals surface area contributed by atoms with E-state index in [9.17, 15) is 4.79 Å². The van der Waals surface area contributed by atoms with Gasteiger partial charge in [0.25, 0.3) is 5.91 Å². The lowest BCUT2D eigenvalue weighted by molar-refractivity contribution is 0.0734. The van der Waals surface area contributed by atoms with E-state index in [1.54, 1.807) is 32.4 Å². The first-order chi connectivity index (χ1) is 12.6. The number of rotatable bonds is 3. The van der Waals surface area contributed by atoms with E-state index >= 15 is 0 Å². The van der Waals surface area contributed by atoms with Crippen molar-refractivity contribution in [2.24, 2.45) is 7.05 Å². The average Bonchev–Trinajstić information content (AvgIpc) is 2.99. The quantitative estimate of drug-likeness (QED) is 0.727. The summed E-state index contributed by atoms with van der Waals surface area (Å²) >= 11 is 0. The fraction of sp³-hybridized carbons (Fsp3) is 0.286. The van der Waals surface area contributed by atoms with Crippen molar-refractivity contribution in [3.8, 4) is 11.5 Å². The Kier molecular flexibility index (Phi) is 4.07. The molecule has 3 aromatic rings. The molecule has 1 aromatic heterocycles. The van der Waals surface area contributed by atoms with Crippen LogP contribution in [0.5, 0.6) is 11.5 Å². The summed E-state index contributed by atoms with van der Waals surface area (Å²) < 4.78 is 12.8. The van der Waals surface area contributed by atoms with Gasteiger partial charge in [-0.15, -0.1) is 0 Å². The second-order valence-corrected chi connectivity index (χ2v) is 6.55. The Bertz CT molecular complexity index is 990. The minimum atomic E-state index is 0.0181. The Hall–Kier alpha value is -2.95. The number of amides is 1. The molecule has 0 aliphatic carbocycles. The van der Waals surface area contributed by atoms with Crippen molar-refractivity contribution in [3.63, 3.8) is 0 Å². The van der Waals surface area contributed by atoms with Gasteiger partial charge in [0.1, 0.15) is 0 Å². The number of carbonyl (C=O) groups excluding carboxylic acids is 1. The number of aryl methyl sites for hydroxylation is 1. The highest BCUT2D eigenvalue weighted by Gasteiger charge is 2.26. The molecule has 0 fully saturated rings. The van der Waals surface area contributed by atoms with Crippen molar-refractivity contribution in [2.45, 2.75) is 13.0 Å². The molecule has 5 nitrogen and oxygen atoms in total. The van der Waals surface area contributed by atoms with Crippen LogP contribution >= 0.6 is 0 Å². The minimum absolute atomic E-state index is 0.0181. The Balaban J connectivity index is 1.67. The highest BCUT2D eigenvalue weighted by atomic mass is 16.5. The average molecular weight is 350 g/mol. The number of aromatic nitrogens is 1. The first-order valence-corrected chi connectivity index (χ1v) is 8.70. The van der Waals surface area contributed by atoms with E-state index in [2.05, 4.69) is 35.9 Å². The van der Waals surface area contributed by atoms with E-state index in [0.29, 0.717) is 30.2 Å². The molecule has 1 aliphatic heterocycles. The van der Waals surface area contributed by atoms with E-state index in [-0.39, 0.29) is 5.91 Å². The molecule has 0 unspecified atom stereocenters. The molecule has 0 saturated heterocycles. The zero-order valence-electron chi connectivity index (χ0n) is 15.3. The standard InChI is InChI=1S/C21H22N2O3/c1-22-17-7-5-4-6-15(17)16-13-23(11-10-18(16)22)21(24)14-8-9-19(25-2)20(12-14)26-3/h4-9,12H,10-11,13H2,1-3H3. The smallest absolute Gasteiger partial charge is 0.254 e. The topological polar surface area (TPSA) is 43.7 Å². The molecule has 0 spiro atoms. The van der Waals surface area contributed by atoms with Crippen LogP contribution in [-0.4, -0.2) is 36.1 Å². The third-order valence-electron chi connectivity index (χ3n) is 5.23. The molecule has 1 amide bonds. The van der Waals surface area contributed by atoms with Crippen LogP contribution in [0, 0.1) is 0 Å². The van der Waals surface area contributed by atoms with E-state index < -0.39 is 0 Å². The molecule has 0 saturated carbocycles. The number of hydrogen-bond donors (Lipinski definition) is 0. The van der Waals surface area contributed by atoms with Gasteiger partial charge in [-0.25, -0.2) is 0 Å². The maximum Gasteiger partial charge on any atom is 0.254 e. The number of hydrogen-bond acceptors (Lipinski definition) is 3. The number of carbonyl (C=O) groups is 1. The van der Waals surface area contributed by atoms with Gasteiger partial charge in [0.2, 0.25) is 0 Å². The SMILES string of the molecule is COc1ccc(C(=O)N2CCc3c(c4ccccc4n3C)C2)cc1OC. The summed E-state index contributed by atoms with van der Waals surface area (Å²) in [7, 11) is 5.27. The molecule has 2 aromatic carbocycles. The Morgan fingerprint density at radius 1 is 1.04 bits per heavy atom. The molecular formula is C21H22N2O3. The predicted octanol–water partition coefficient (Wildman–Crippen LogP) is 3.39. The van der Waals surface area contributed by atoms with Crippen LogP contribution in [0.3, 0.4) is 0 Å². The van der Waals surface area contributed by atoms with Crippen LogP contribution in [0.1, 0.15) is 21.6 Å². The van der Waals surface area contributed by atoms with Gasteiger partial charge in [0, 0.05) is 54.3 Å². The first-order valence-electron chi connectivity index (χ1n) is 8.70. The van der Waals surface area contributed by atoms with Crippen molar-refractivity contribution in [3.05, 3.63) is 59.3 Å². The van der Waals surface area contributed by atoms with Crippen LogP contribution in [0.25, 0.3) is 10.9 Å². The molecule has 26 heavy (non-hydrogen) atoms. The molecule has 4 rings (SSSR count). The second-order valence-electron chi connectivity index (χ2n) is 6.55. The second kappa shape index (κ2) is 6.41. The van der Waals surface area contributed by atoms with Crippen molar-refractivity contribution in [2.75, 3.05) is 20.8 Å². The van der Waals surface area contributed by atoms with Crippen LogP contribution in [0.2, 0.25) is 0 Å². The van der Waals surface area contributed by atoms with E-state index in [0.717, 1.165) is 6.42 Å². The third-order valence-corrected chi connectivity index (χ3v) is 5.23. The van der Waals surface area contributed by atoms with Crippen molar-refractivity contribution in [1.82, 2.24) is 9.47 Å². The highest BCUT2D eigenvalue weighted by Crippen LogP contribution is 2.32. The number of nitrogens with zero attached hydrogens (tertiary/aromatic N) is 2. The lowest BCUT2D eigenvalue weighted by Gasteiger charge is -2.28. The molecule has 134 valence electrons. The monoisotopic (exact) mass is 350 g/mol. The summed E-state index contributed by atoms with van der Waals surface area (Å²) in [5.41, 5.74) is 4.41. The van der Waals surface area contributed by atoms with Gasteiger partial charge in [-0.05, 0) is 24.3 Å². The fourth-order valence-electron chi connectivity index (χ4n) is 3.86. The van der Waals surface area contributed by atoms with Gasteiger partial charge in [-0.3, -0.25) is 4.79 Å². The highest BCUT2D eigenvalue weighted by molar-refractivity contribution is 5.96. The lowest BCUT2D eigenvalue weighted by Crippen LogP contribution is -2.36. The van der Waals surface area contributed by atoms with Crippen LogP contribution < -0.4 is 9.47 Å². The van der Waals surface area contributed by atoms with Gasteiger partial charge in [-0.2, -0.15) is 0 Å². The molecule has 0 bridgehead atoms. The largest absolute Gasteiger partial charge is 0.493 e. The number of methoxy groups -OCH3 is 2. The molecular weight excluding hydrogens is 328 g/mol. The maximum atomic E-state index is 13.0. The normalized spacial score (nSPS) is 13.6. The zero-order valence-corrected chi connectivity index (χ0v) is 15.3. The molecule has 0 atom stereocenters. The third kappa shape index (κ3) is 2.51. The van der Waals surface area contributed by atoms with Gasteiger partial charge in [0.05, 0.1) is 14.2 Å². The van der Waals surface area contributed by atoms with E-state index in [4.69, 9.17) is 9.47 Å². The Labute approximate surface area is 152 Å². The first kappa shape index (κ1) is 16.5. The van der Waals surface area contributed by atoms with Gasteiger partial charge >= 0.3 is 0 Å². The van der Waals surface area contributed by atoms with Gasteiger partial charge in [-0.1, -0.05) is 18.2 Å². The van der Waals surface area contributed by atoms with Gasteiger partial charge in [0.15, 0.2) is 11.5 Å². The summed E-state index contributed by atoms with van der Waals surface area (Å²) in [5.74, 6) is 1.21. The van der Waals surface area contributed by atoms with Crippen molar-refractivity contribution in [1.29, 1.82) is 0 Å². The molecule has 2 heterocycles. The van der Waals surface area contributed by atoms with Crippen molar-refractivity contribution < 1.29 is 14.3 Å². The van der Waals surface area contributed by atoms with Crippen LogP contribution in [0.4, 0.5) is 0 Å². The fourth-order valence-corrected chi connectivity index (χ4v) is 3.86. The van der Waals surface area contributed by atoms with Gasteiger partial charge < -0.3 is 18.9 Å². The molecule has 0 radical (unpaired) electrons. The summed E-state index contributed by atoms with van der Waals surface area (Å²) in [6.07, 6.45) is 0.861. The molecule has 0 N–H and O–H groups in total. The zero-order chi connectivity index (χ0) is 18.3. The molecule has 5 heteroatoms. The van der Waals surface area contributed by atoms with E-state index in [1.165, 1.54) is 22.2 Å². The maximum absolute atomic E-state index is 13.0. The Morgan fingerprint density at radius 2 is 1.81 bits per heavy atom. The van der Waals surface area contributed by atoms with Crippen molar-refractivity contribution >= 4 is 16.8 Å². The Morgan fingerprint density at radius 3 is 2.58 bits per heavy atom. The number of benzene rings is 2. The van der Waals surface area contributed by atoms with Crippen LogP contribution in [0.15, 0.2) is 42.5 Å². The minimum Gasteiger partial charge on any atom is -0.493 e. The summed E-state index contributed by atoms with van der Waals surface area (Å²) in [6.45, 7) is 1.34. The van der Waals surface area contributed by atoms with Crippen LogP contribution in [-0.2, 0) is 20.0 Å². The lowest BCUT2D eigenvalue weighted by atomic mass is 10.0. The summed E-state index contributed by atoms with van der Waals surface area (Å²) in [6, 6.07) is 13.7. The molecule has 1 aliphatic rings. The van der Waals surface area contributed by atoms with E-state index in [1.807, 2.05) is 4.90 Å². The predicted molar refractivity (Wildman–Crippen MR) is 101 cm³/mol. The summed E-state index contributed by atoms with van der Waals surface area (Å²) in [5, 5.41) is 1.23. The summed E-state index contributed by atoms with van der Waals surface area (Å²) in [4.78, 5) is 15.0.